The van der Waals surface area contributed by atoms with Crippen LogP contribution in [0.2, 0.25) is 0 Å². The van der Waals surface area contributed by atoms with E-state index in [1.807, 2.05) is 0 Å². The van der Waals surface area contributed by atoms with E-state index in [0.717, 1.165) is 25.2 Å². The van der Waals surface area contributed by atoms with E-state index in [-0.39, 0.29) is 11.7 Å². The molecule has 1 aromatic heterocycles. The molecule has 0 unspecified atom stereocenters. The molecule has 1 saturated carbocycles. The molecule has 0 amide bonds. The Morgan fingerprint density at radius 2 is 2.10 bits per heavy atom. The van der Waals surface area contributed by atoms with E-state index in [9.17, 15) is 9.90 Å². The maximum absolute atomic E-state index is 11.1. The molecule has 2 aromatic rings. The van der Waals surface area contributed by atoms with Crippen LogP contribution in [0.5, 0.6) is 0 Å². The average molecular weight is 272 g/mol. The molecule has 3 rings (SSSR count). The van der Waals surface area contributed by atoms with Crippen molar-refractivity contribution < 1.29 is 15.0 Å². The zero-order chi connectivity index (χ0) is 14.1. The van der Waals surface area contributed by atoms with Gasteiger partial charge in [0.15, 0.2) is 0 Å². The number of rotatable bonds is 4. The largest absolute Gasteiger partial charge is 0.478 e. The number of anilines is 1. The van der Waals surface area contributed by atoms with Crippen LogP contribution in [0.3, 0.4) is 0 Å². The van der Waals surface area contributed by atoms with Crippen molar-refractivity contribution in [3.05, 3.63) is 35.9 Å². The van der Waals surface area contributed by atoms with Crippen molar-refractivity contribution in [3.8, 4) is 0 Å². The van der Waals surface area contributed by atoms with E-state index < -0.39 is 5.97 Å². The SMILES string of the molecule is O=C(O)c1cccc2nc(NCC3CC(O)C3)ccc12. The lowest BCUT2D eigenvalue weighted by Gasteiger charge is -2.31. The number of carboxylic acids is 1. The molecule has 0 spiro atoms. The Balaban J connectivity index is 1.78. The predicted molar refractivity (Wildman–Crippen MR) is 75.9 cm³/mol. The van der Waals surface area contributed by atoms with Crippen LogP contribution in [0.1, 0.15) is 23.2 Å². The number of pyridine rings is 1. The summed E-state index contributed by atoms with van der Waals surface area (Å²) in [7, 11) is 0. The molecule has 5 nitrogen and oxygen atoms in total. The molecular weight excluding hydrogens is 256 g/mol. The Morgan fingerprint density at radius 3 is 2.80 bits per heavy atom. The number of aliphatic hydroxyl groups is 1. The Bertz CT molecular complexity index is 651. The first kappa shape index (κ1) is 12.9. The van der Waals surface area contributed by atoms with Gasteiger partial charge in [0, 0.05) is 11.9 Å². The average Bonchev–Trinajstić information content (AvgIpc) is 2.41. The van der Waals surface area contributed by atoms with Crippen molar-refractivity contribution >= 4 is 22.7 Å². The molecule has 104 valence electrons. The quantitative estimate of drug-likeness (QED) is 0.794. The first-order valence-corrected chi connectivity index (χ1v) is 6.68. The van der Waals surface area contributed by atoms with Crippen LogP contribution < -0.4 is 5.32 Å². The van der Waals surface area contributed by atoms with Gasteiger partial charge in [-0.25, -0.2) is 9.78 Å². The van der Waals surface area contributed by atoms with Crippen LogP contribution >= 0.6 is 0 Å². The van der Waals surface area contributed by atoms with Crippen LogP contribution in [0, 0.1) is 5.92 Å². The molecule has 3 N–H and O–H groups in total. The third-order valence-corrected chi connectivity index (χ3v) is 3.74. The van der Waals surface area contributed by atoms with Crippen molar-refractivity contribution in [2.45, 2.75) is 18.9 Å². The van der Waals surface area contributed by atoms with Crippen molar-refractivity contribution in [2.75, 3.05) is 11.9 Å². The van der Waals surface area contributed by atoms with E-state index in [1.54, 1.807) is 30.3 Å². The summed E-state index contributed by atoms with van der Waals surface area (Å²) in [5, 5.41) is 22.2. The Morgan fingerprint density at radius 1 is 1.30 bits per heavy atom. The monoisotopic (exact) mass is 272 g/mol. The van der Waals surface area contributed by atoms with Gasteiger partial charge in [-0.15, -0.1) is 0 Å². The van der Waals surface area contributed by atoms with E-state index >= 15 is 0 Å². The second-order valence-electron chi connectivity index (χ2n) is 5.25. The van der Waals surface area contributed by atoms with Gasteiger partial charge in [-0.05, 0) is 43.0 Å². The summed E-state index contributed by atoms with van der Waals surface area (Å²) in [6, 6.07) is 8.66. The van der Waals surface area contributed by atoms with Crippen molar-refractivity contribution in [3.63, 3.8) is 0 Å². The van der Waals surface area contributed by atoms with Gasteiger partial charge in [0.25, 0.3) is 0 Å². The number of nitrogens with zero attached hydrogens (tertiary/aromatic N) is 1. The number of benzene rings is 1. The molecular formula is C15H16N2O3. The molecule has 1 fully saturated rings. The fourth-order valence-electron chi connectivity index (χ4n) is 2.56. The van der Waals surface area contributed by atoms with Gasteiger partial charge in [-0.1, -0.05) is 6.07 Å². The first-order valence-electron chi connectivity index (χ1n) is 6.68. The Labute approximate surface area is 116 Å². The zero-order valence-electron chi connectivity index (χ0n) is 10.9. The number of nitrogens with one attached hydrogen (secondary N) is 1. The highest BCUT2D eigenvalue weighted by Gasteiger charge is 2.26. The summed E-state index contributed by atoms with van der Waals surface area (Å²) in [5.41, 5.74) is 0.937. The van der Waals surface area contributed by atoms with Gasteiger partial charge >= 0.3 is 5.97 Å². The summed E-state index contributed by atoms with van der Waals surface area (Å²) in [6.07, 6.45) is 1.53. The number of fused-ring (bicyclic) bond motifs is 1. The lowest BCUT2D eigenvalue weighted by atomic mass is 9.82. The number of aromatic nitrogens is 1. The Kier molecular flexibility index (Phi) is 3.28. The summed E-state index contributed by atoms with van der Waals surface area (Å²) in [6.45, 7) is 0.786. The summed E-state index contributed by atoms with van der Waals surface area (Å²) in [5.74, 6) is 0.288. The highest BCUT2D eigenvalue weighted by atomic mass is 16.4. The lowest BCUT2D eigenvalue weighted by molar-refractivity contribution is 0.0486. The fourth-order valence-corrected chi connectivity index (χ4v) is 2.56. The highest BCUT2D eigenvalue weighted by Crippen LogP contribution is 2.27. The molecule has 0 saturated heterocycles. The van der Waals surface area contributed by atoms with E-state index in [2.05, 4.69) is 10.3 Å². The van der Waals surface area contributed by atoms with Crippen LogP contribution in [0.25, 0.3) is 10.9 Å². The lowest BCUT2D eigenvalue weighted by Crippen LogP contribution is -2.33. The van der Waals surface area contributed by atoms with Crippen molar-refractivity contribution in [2.24, 2.45) is 5.92 Å². The minimum absolute atomic E-state index is 0.149. The second kappa shape index (κ2) is 5.09. The van der Waals surface area contributed by atoms with Crippen LogP contribution in [0.15, 0.2) is 30.3 Å². The minimum atomic E-state index is -0.943. The molecule has 0 radical (unpaired) electrons. The molecule has 1 aromatic carbocycles. The zero-order valence-corrected chi connectivity index (χ0v) is 10.9. The fraction of sp³-hybridized carbons (Fsp3) is 0.333. The number of aliphatic hydroxyl groups excluding tert-OH is 1. The molecule has 0 aliphatic heterocycles. The van der Waals surface area contributed by atoms with Crippen LogP contribution in [0.4, 0.5) is 5.82 Å². The number of hydrogen-bond acceptors (Lipinski definition) is 4. The normalized spacial score (nSPS) is 21.4. The molecule has 1 heterocycles. The first-order chi connectivity index (χ1) is 9.63. The molecule has 5 heteroatoms. The standard InChI is InChI=1S/C15H16N2O3/c18-10-6-9(7-10)8-16-14-5-4-11-12(15(19)20)2-1-3-13(11)17-14/h1-5,9-10,18H,6-8H2,(H,16,17)(H,19,20). The predicted octanol–water partition coefficient (Wildman–Crippen LogP) is 2.12. The summed E-state index contributed by atoms with van der Waals surface area (Å²) < 4.78 is 0. The number of aromatic carboxylic acids is 1. The molecule has 1 aliphatic carbocycles. The molecule has 1 aliphatic rings. The van der Waals surface area contributed by atoms with Crippen molar-refractivity contribution in [1.29, 1.82) is 0 Å². The maximum atomic E-state index is 11.1. The van der Waals surface area contributed by atoms with Crippen LogP contribution in [-0.4, -0.2) is 33.8 Å². The molecule has 0 atom stereocenters. The smallest absolute Gasteiger partial charge is 0.336 e. The van der Waals surface area contributed by atoms with E-state index in [1.165, 1.54) is 0 Å². The van der Waals surface area contributed by atoms with Crippen LogP contribution in [-0.2, 0) is 0 Å². The van der Waals surface area contributed by atoms with Gasteiger partial charge in [0.05, 0.1) is 17.2 Å². The van der Waals surface area contributed by atoms with Gasteiger partial charge in [0.2, 0.25) is 0 Å². The minimum Gasteiger partial charge on any atom is -0.478 e. The highest BCUT2D eigenvalue weighted by molar-refractivity contribution is 6.02. The van der Waals surface area contributed by atoms with E-state index in [0.29, 0.717) is 16.8 Å². The van der Waals surface area contributed by atoms with Gasteiger partial charge in [-0.3, -0.25) is 0 Å². The topological polar surface area (TPSA) is 82.5 Å². The maximum Gasteiger partial charge on any atom is 0.336 e. The van der Waals surface area contributed by atoms with E-state index in [4.69, 9.17) is 5.11 Å². The molecule has 20 heavy (non-hydrogen) atoms. The summed E-state index contributed by atoms with van der Waals surface area (Å²) >= 11 is 0. The number of carbonyl (C=O) groups is 1. The summed E-state index contributed by atoms with van der Waals surface area (Å²) in [4.78, 5) is 15.6. The molecule has 0 bridgehead atoms. The second-order valence-corrected chi connectivity index (χ2v) is 5.25. The van der Waals surface area contributed by atoms with Crippen molar-refractivity contribution in [1.82, 2.24) is 4.98 Å². The third kappa shape index (κ3) is 2.44. The third-order valence-electron chi connectivity index (χ3n) is 3.74. The number of carboxylic acid groups (broad SMARTS) is 1. The van der Waals surface area contributed by atoms with Gasteiger partial charge in [0.1, 0.15) is 5.82 Å². The Hall–Kier alpha value is -2.14. The number of hydrogen-bond donors (Lipinski definition) is 3. The van der Waals surface area contributed by atoms with Gasteiger partial charge < -0.3 is 15.5 Å². The van der Waals surface area contributed by atoms with Gasteiger partial charge in [-0.2, -0.15) is 0 Å².